The molecule has 0 bridgehead atoms. The van der Waals surface area contributed by atoms with Crippen molar-refractivity contribution in [1.29, 1.82) is 0 Å². The summed E-state index contributed by atoms with van der Waals surface area (Å²) in [6.45, 7) is 7.20. The van der Waals surface area contributed by atoms with Crippen molar-refractivity contribution >= 4 is 35.3 Å². The van der Waals surface area contributed by atoms with Crippen LogP contribution in [-0.4, -0.2) is 109 Å². The standard InChI is InChI=1S/C43H50F4N8O8/c1-42(2,3)40(58)49-15-14-48-35-11-10-27(21-50-35)38(56)53-31-20-34(63-43(45,46)47)29(19-30(31)44)24-6-8-25(9-7-24)32-22-51-37(52-32)33-18-28(60-4)23-55(33)39(57)36(54-41(59)61-5)26-12-16-62-17-13-26/h6-11,19-22,26,28,33,36H,12-18,23H2,1-5H3,(H,48,50)(H,49,58)(H,51,52)(H,53,56)(H,54,59)/t28-,33-,36-/m0/s1. The molecule has 0 radical (unpaired) electrons. The number of carbonyl (C=O) groups is 4. The van der Waals surface area contributed by atoms with Gasteiger partial charge in [-0.15, -0.1) is 13.2 Å². The lowest BCUT2D eigenvalue weighted by Gasteiger charge is -2.34. The predicted octanol–water partition coefficient (Wildman–Crippen LogP) is 6.44. The summed E-state index contributed by atoms with van der Waals surface area (Å²) in [5, 5.41) is 10.8. The molecular weight excluding hydrogens is 833 g/mol. The monoisotopic (exact) mass is 882 g/mol. The van der Waals surface area contributed by atoms with Gasteiger partial charge in [0.1, 0.15) is 29.3 Å². The fourth-order valence-electron chi connectivity index (χ4n) is 7.29. The molecule has 2 aromatic heterocycles. The van der Waals surface area contributed by atoms with Crippen molar-refractivity contribution in [3.8, 4) is 28.1 Å². The minimum atomic E-state index is -5.15. The number of anilines is 2. The number of alkyl halides is 3. The quantitative estimate of drug-likeness (QED) is 0.0690. The molecule has 63 heavy (non-hydrogen) atoms. The maximum Gasteiger partial charge on any atom is 0.573 e. The number of aromatic nitrogens is 3. The highest BCUT2D eigenvalue weighted by atomic mass is 19.4. The zero-order valence-electron chi connectivity index (χ0n) is 35.4. The molecule has 4 heterocycles. The van der Waals surface area contributed by atoms with Gasteiger partial charge in [0.05, 0.1) is 42.4 Å². The first-order valence-corrected chi connectivity index (χ1v) is 20.2. The predicted molar refractivity (Wildman–Crippen MR) is 222 cm³/mol. The smallest absolute Gasteiger partial charge is 0.453 e. The number of ether oxygens (including phenoxy) is 4. The van der Waals surface area contributed by atoms with Crippen LogP contribution in [0.5, 0.6) is 5.75 Å². The van der Waals surface area contributed by atoms with E-state index in [1.165, 1.54) is 37.6 Å². The second-order valence-corrected chi connectivity index (χ2v) is 16.1. The lowest BCUT2D eigenvalue weighted by Crippen LogP contribution is -2.53. The largest absolute Gasteiger partial charge is 0.573 e. The highest BCUT2D eigenvalue weighted by Crippen LogP contribution is 2.39. The third kappa shape index (κ3) is 11.8. The number of hydrogen-bond acceptors (Lipinski definition) is 11. The van der Waals surface area contributed by atoms with Gasteiger partial charge in [0.2, 0.25) is 11.8 Å². The number of halogens is 4. The maximum atomic E-state index is 15.6. The average molecular weight is 883 g/mol. The van der Waals surface area contributed by atoms with E-state index in [2.05, 4.69) is 41.0 Å². The van der Waals surface area contributed by atoms with Crippen LogP contribution in [0, 0.1) is 17.2 Å². The van der Waals surface area contributed by atoms with Gasteiger partial charge in [0, 0.05) is 69.6 Å². The first kappa shape index (κ1) is 46.2. The van der Waals surface area contributed by atoms with Crippen LogP contribution in [0.2, 0.25) is 0 Å². The minimum absolute atomic E-state index is 0.00130. The Kier molecular flexibility index (Phi) is 14.6. The molecule has 4 aromatic rings. The van der Waals surface area contributed by atoms with Crippen LogP contribution in [0.4, 0.5) is 33.9 Å². The summed E-state index contributed by atoms with van der Waals surface area (Å²) in [4.78, 5) is 65.1. The number of methoxy groups -OCH3 is 2. The van der Waals surface area contributed by atoms with E-state index in [0.29, 0.717) is 68.5 Å². The molecule has 2 aliphatic heterocycles. The van der Waals surface area contributed by atoms with E-state index in [0.717, 1.165) is 12.1 Å². The summed E-state index contributed by atoms with van der Waals surface area (Å²) < 4.78 is 76.9. The van der Waals surface area contributed by atoms with Gasteiger partial charge in [-0.2, -0.15) is 0 Å². The molecule has 5 N–H and O–H groups in total. The Morgan fingerprint density at radius 2 is 1.67 bits per heavy atom. The number of nitrogens with zero attached hydrogens (tertiary/aromatic N) is 3. The van der Waals surface area contributed by atoms with E-state index in [-0.39, 0.29) is 47.1 Å². The van der Waals surface area contributed by atoms with Crippen LogP contribution >= 0.6 is 0 Å². The van der Waals surface area contributed by atoms with Crippen molar-refractivity contribution in [1.82, 2.24) is 30.5 Å². The molecule has 2 fully saturated rings. The molecular formula is C43H50F4N8O8. The number of alkyl carbamates (subject to hydrolysis) is 1. The highest BCUT2D eigenvalue weighted by Gasteiger charge is 2.43. The average Bonchev–Trinajstić information content (AvgIpc) is 3.93. The molecule has 4 amide bonds. The van der Waals surface area contributed by atoms with Gasteiger partial charge >= 0.3 is 12.5 Å². The Balaban J connectivity index is 1.16. The van der Waals surface area contributed by atoms with Gasteiger partial charge in [-0.25, -0.2) is 19.2 Å². The summed E-state index contributed by atoms with van der Waals surface area (Å²) in [6.07, 6.45) is -1.87. The van der Waals surface area contributed by atoms with Gasteiger partial charge in [-0.05, 0) is 48.1 Å². The maximum absolute atomic E-state index is 15.6. The van der Waals surface area contributed by atoms with Crippen LogP contribution in [0.1, 0.15) is 62.3 Å². The molecule has 0 saturated carbocycles. The van der Waals surface area contributed by atoms with E-state index in [9.17, 15) is 32.3 Å². The second-order valence-electron chi connectivity index (χ2n) is 16.1. The van der Waals surface area contributed by atoms with E-state index >= 15 is 4.39 Å². The van der Waals surface area contributed by atoms with Crippen LogP contribution in [0.3, 0.4) is 0 Å². The fourth-order valence-corrected chi connectivity index (χ4v) is 7.29. The van der Waals surface area contributed by atoms with Gasteiger partial charge < -0.3 is 50.1 Å². The number of aromatic amines is 1. The Labute approximate surface area is 360 Å². The molecule has 0 aliphatic carbocycles. The summed E-state index contributed by atoms with van der Waals surface area (Å²) in [5.74, 6) is -2.38. The van der Waals surface area contributed by atoms with Crippen LogP contribution in [-0.2, 0) is 23.8 Å². The zero-order chi connectivity index (χ0) is 45.5. The number of benzene rings is 2. The molecule has 2 aliphatic rings. The molecule has 338 valence electrons. The van der Waals surface area contributed by atoms with Gasteiger partial charge in [0.25, 0.3) is 5.91 Å². The summed E-state index contributed by atoms with van der Waals surface area (Å²) in [7, 11) is 2.77. The highest BCUT2D eigenvalue weighted by molar-refractivity contribution is 6.04. The number of hydrogen-bond donors (Lipinski definition) is 5. The molecule has 16 nitrogen and oxygen atoms in total. The normalized spacial score (nSPS) is 17.4. The summed E-state index contributed by atoms with van der Waals surface area (Å²) in [6, 6.07) is 9.24. The Morgan fingerprint density at radius 1 is 0.952 bits per heavy atom. The third-order valence-electron chi connectivity index (χ3n) is 10.7. The van der Waals surface area contributed by atoms with Crippen LogP contribution < -0.4 is 26.0 Å². The number of rotatable bonds is 14. The second kappa shape index (κ2) is 19.8. The third-order valence-corrected chi connectivity index (χ3v) is 10.7. The van der Waals surface area contributed by atoms with Gasteiger partial charge in [-0.3, -0.25) is 14.4 Å². The molecule has 2 aromatic carbocycles. The number of imidazole rings is 1. The first-order chi connectivity index (χ1) is 29.9. The van der Waals surface area contributed by atoms with Crippen molar-refractivity contribution in [2.24, 2.45) is 11.3 Å². The first-order valence-electron chi connectivity index (χ1n) is 20.2. The molecule has 0 spiro atoms. The van der Waals surface area contributed by atoms with Crippen molar-refractivity contribution < 1.29 is 55.7 Å². The molecule has 2 saturated heterocycles. The Bertz CT molecular complexity index is 2240. The number of amides is 4. The van der Waals surface area contributed by atoms with E-state index in [1.54, 1.807) is 51.1 Å². The summed E-state index contributed by atoms with van der Waals surface area (Å²) in [5.41, 5.74) is -0.0603. The zero-order valence-corrected chi connectivity index (χ0v) is 35.4. The number of nitrogens with one attached hydrogen (secondary N) is 5. The van der Waals surface area contributed by atoms with Gasteiger partial charge in [0.15, 0.2) is 0 Å². The molecule has 3 atom stereocenters. The van der Waals surface area contributed by atoms with Crippen LogP contribution in [0.25, 0.3) is 22.4 Å². The molecule has 6 rings (SSSR count). The SMILES string of the molecule is COC(=O)N[C@H](C(=O)N1C[C@@H](OC)C[C@H]1c1ncc(-c2ccc(-c3cc(F)c(NC(=O)c4ccc(NCCNC(=O)C(C)(C)C)nc4)cc3OC(F)(F)F)cc2)[nH]1)C1CCOCC1. The lowest BCUT2D eigenvalue weighted by molar-refractivity contribution is -0.274. The lowest BCUT2D eigenvalue weighted by atomic mass is 9.90. The Morgan fingerprint density at radius 3 is 2.30 bits per heavy atom. The minimum Gasteiger partial charge on any atom is -0.453 e. The van der Waals surface area contributed by atoms with E-state index in [1.807, 2.05) is 0 Å². The van der Waals surface area contributed by atoms with E-state index < -0.39 is 53.1 Å². The van der Waals surface area contributed by atoms with Gasteiger partial charge in [-0.1, -0.05) is 45.0 Å². The number of likely N-dealkylation sites (tertiary alicyclic amines) is 1. The number of pyridine rings is 1. The van der Waals surface area contributed by atoms with Crippen molar-refractivity contribution in [3.63, 3.8) is 0 Å². The van der Waals surface area contributed by atoms with Crippen LogP contribution in [0.15, 0.2) is 60.9 Å². The Hall–Kier alpha value is -6.28. The fraction of sp³-hybridized carbons (Fsp3) is 0.442. The summed E-state index contributed by atoms with van der Waals surface area (Å²) >= 11 is 0. The van der Waals surface area contributed by atoms with Crippen molar-refractivity contribution in [2.75, 3.05) is 57.7 Å². The molecule has 0 unspecified atom stereocenters. The topological polar surface area (TPSA) is 198 Å². The van der Waals surface area contributed by atoms with Crippen molar-refractivity contribution in [3.05, 3.63) is 78.1 Å². The number of carbonyl (C=O) groups excluding carboxylic acids is 4. The van der Waals surface area contributed by atoms with Crippen molar-refractivity contribution in [2.45, 2.75) is 64.6 Å². The van der Waals surface area contributed by atoms with E-state index in [4.69, 9.17) is 14.2 Å². The number of H-pyrrole nitrogens is 1. The molecule has 20 heteroatoms.